The number of rotatable bonds is 4. The average Bonchev–Trinajstić information content (AvgIpc) is 3.34. The van der Waals surface area contributed by atoms with E-state index in [9.17, 15) is 4.79 Å². The second kappa shape index (κ2) is 6.63. The Morgan fingerprint density at radius 2 is 2.00 bits per heavy atom. The van der Waals surface area contributed by atoms with Crippen molar-refractivity contribution in [1.29, 1.82) is 0 Å². The zero-order valence-corrected chi connectivity index (χ0v) is 16.1. The van der Waals surface area contributed by atoms with Gasteiger partial charge in [-0.1, -0.05) is 24.6 Å². The number of carbonyl (C=O) groups is 1. The number of benzene rings is 2. The molecule has 1 atom stereocenters. The van der Waals surface area contributed by atoms with Crippen LogP contribution in [0.2, 0.25) is 5.02 Å². The van der Waals surface area contributed by atoms with Crippen LogP contribution in [0.25, 0.3) is 10.9 Å². The fourth-order valence-corrected chi connectivity index (χ4v) is 3.95. The van der Waals surface area contributed by atoms with Gasteiger partial charge in [-0.25, -0.2) is 0 Å². The number of hydrogen-bond acceptors (Lipinski definition) is 4. The minimum absolute atomic E-state index is 0.0321. The molecule has 2 aliphatic rings. The molecule has 6 nitrogen and oxygen atoms in total. The van der Waals surface area contributed by atoms with E-state index in [0.29, 0.717) is 29.6 Å². The number of aromatic nitrogens is 1. The molecule has 5 rings (SSSR count). The summed E-state index contributed by atoms with van der Waals surface area (Å²) in [6, 6.07) is 11.2. The van der Waals surface area contributed by atoms with Gasteiger partial charge < -0.3 is 24.1 Å². The molecular weight excluding hydrogens is 380 g/mol. The van der Waals surface area contributed by atoms with E-state index in [1.54, 1.807) is 0 Å². The minimum atomic E-state index is -0.146. The molecule has 0 saturated carbocycles. The van der Waals surface area contributed by atoms with Gasteiger partial charge >= 0.3 is 0 Å². The Bertz CT molecular complexity index is 1090. The van der Waals surface area contributed by atoms with E-state index in [-0.39, 0.29) is 18.8 Å². The van der Waals surface area contributed by atoms with Crippen LogP contribution in [0.15, 0.2) is 36.4 Å². The molecule has 3 heterocycles. The van der Waals surface area contributed by atoms with Crippen LogP contribution in [0, 0.1) is 0 Å². The van der Waals surface area contributed by atoms with Crippen LogP contribution in [0.4, 0.5) is 0 Å². The van der Waals surface area contributed by atoms with Crippen molar-refractivity contribution in [3.63, 3.8) is 0 Å². The number of nitrogens with zero attached hydrogens (tertiary/aromatic N) is 1. The number of ether oxygens (including phenoxy) is 3. The number of nitrogens with one attached hydrogen (secondary N) is 1. The third kappa shape index (κ3) is 2.76. The van der Waals surface area contributed by atoms with E-state index in [1.807, 2.05) is 41.0 Å². The fraction of sp³-hybridized carbons (Fsp3) is 0.286. The predicted molar refractivity (Wildman–Crippen MR) is 105 cm³/mol. The van der Waals surface area contributed by atoms with Crippen molar-refractivity contribution in [3.05, 3.63) is 52.7 Å². The first-order valence-corrected chi connectivity index (χ1v) is 9.67. The Balaban J connectivity index is 1.44. The molecule has 1 N–H and O–H groups in total. The highest BCUT2D eigenvalue weighted by Gasteiger charge is 2.27. The van der Waals surface area contributed by atoms with Crippen LogP contribution in [-0.2, 0) is 13.1 Å². The third-order valence-corrected chi connectivity index (χ3v) is 5.56. The molecule has 0 unspecified atom stereocenters. The van der Waals surface area contributed by atoms with E-state index in [1.165, 1.54) is 0 Å². The van der Waals surface area contributed by atoms with Gasteiger partial charge in [-0.05, 0) is 42.3 Å². The van der Waals surface area contributed by atoms with E-state index in [2.05, 4.69) is 12.2 Å². The summed E-state index contributed by atoms with van der Waals surface area (Å²) >= 11 is 6.37. The van der Waals surface area contributed by atoms with E-state index in [4.69, 9.17) is 25.8 Å². The molecule has 0 fully saturated rings. The molecule has 0 aliphatic carbocycles. The lowest BCUT2D eigenvalue weighted by molar-refractivity contribution is 0.0935. The lowest BCUT2D eigenvalue weighted by atomic mass is 10.2. The highest BCUT2D eigenvalue weighted by atomic mass is 35.5. The van der Waals surface area contributed by atoms with Crippen molar-refractivity contribution in [1.82, 2.24) is 9.88 Å². The fourth-order valence-electron chi connectivity index (χ4n) is 3.74. The highest BCUT2D eigenvalue weighted by molar-refractivity contribution is 6.36. The monoisotopic (exact) mass is 398 g/mol. The summed E-state index contributed by atoms with van der Waals surface area (Å²) in [7, 11) is 0. The Labute approximate surface area is 166 Å². The second-order valence-electron chi connectivity index (χ2n) is 6.97. The number of fused-ring (bicyclic) bond motifs is 1. The van der Waals surface area contributed by atoms with Crippen molar-refractivity contribution in [2.45, 2.75) is 32.5 Å². The summed E-state index contributed by atoms with van der Waals surface area (Å²) < 4.78 is 18.8. The summed E-state index contributed by atoms with van der Waals surface area (Å²) in [6.45, 7) is 3.33. The zero-order valence-electron chi connectivity index (χ0n) is 15.3. The Morgan fingerprint density at radius 3 is 2.86 bits per heavy atom. The third-order valence-electron chi connectivity index (χ3n) is 5.23. The van der Waals surface area contributed by atoms with Crippen LogP contribution in [-0.4, -0.2) is 23.4 Å². The summed E-state index contributed by atoms with van der Waals surface area (Å²) in [5.41, 5.74) is 2.41. The van der Waals surface area contributed by atoms with Crippen molar-refractivity contribution in [2.24, 2.45) is 0 Å². The molecule has 7 heteroatoms. The van der Waals surface area contributed by atoms with Crippen LogP contribution in [0.3, 0.4) is 0 Å². The Kier molecular flexibility index (Phi) is 4.09. The van der Waals surface area contributed by atoms with Gasteiger partial charge in [0.2, 0.25) is 6.79 Å². The van der Waals surface area contributed by atoms with Crippen molar-refractivity contribution in [2.75, 3.05) is 6.79 Å². The lowest BCUT2D eigenvalue weighted by Crippen LogP contribution is -2.31. The van der Waals surface area contributed by atoms with Crippen LogP contribution in [0.1, 0.15) is 29.4 Å². The number of hydrogen-bond donors (Lipinski definition) is 1. The molecule has 3 aromatic rings. The summed E-state index contributed by atoms with van der Waals surface area (Å²) in [4.78, 5) is 13.0. The summed E-state index contributed by atoms with van der Waals surface area (Å²) in [6.07, 6.45) is 0.893. The maximum absolute atomic E-state index is 13.0. The zero-order chi connectivity index (χ0) is 19.3. The van der Waals surface area contributed by atoms with Crippen LogP contribution in [0.5, 0.6) is 17.2 Å². The standard InChI is InChI=1S/C21H19ClN2O4/c1-2-13-10-24-16(8-14-15(22)4-6-18(28-13)20(14)24)21(25)23-9-12-3-5-17-19(7-12)27-11-26-17/h3-8,13H,2,9-11H2,1H3,(H,23,25)/t13-/m1/s1. The van der Waals surface area contributed by atoms with Crippen LogP contribution >= 0.6 is 11.6 Å². The molecular formula is C21H19ClN2O4. The quantitative estimate of drug-likeness (QED) is 0.718. The van der Waals surface area contributed by atoms with E-state index >= 15 is 0 Å². The molecule has 0 bridgehead atoms. The molecule has 28 heavy (non-hydrogen) atoms. The summed E-state index contributed by atoms with van der Waals surface area (Å²) in [5.74, 6) is 2.06. The molecule has 144 valence electrons. The average molecular weight is 399 g/mol. The van der Waals surface area contributed by atoms with Crippen LogP contribution < -0.4 is 19.5 Å². The molecule has 2 aromatic carbocycles. The molecule has 0 spiro atoms. The van der Waals surface area contributed by atoms with Gasteiger partial charge in [0.15, 0.2) is 11.5 Å². The van der Waals surface area contributed by atoms with Gasteiger partial charge in [0, 0.05) is 11.9 Å². The van der Waals surface area contributed by atoms with Crippen molar-refractivity contribution >= 4 is 28.4 Å². The van der Waals surface area contributed by atoms with Crippen molar-refractivity contribution < 1.29 is 19.0 Å². The van der Waals surface area contributed by atoms with Gasteiger partial charge in [-0.15, -0.1) is 0 Å². The largest absolute Gasteiger partial charge is 0.486 e. The molecule has 1 aromatic heterocycles. The second-order valence-corrected chi connectivity index (χ2v) is 7.37. The molecule has 0 radical (unpaired) electrons. The Morgan fingerprint density at radius 1 is 1.18 bits per heavy atom. The number of halogens is 1. The van der Waals surface area contributed by atoms with E-state index in [0.717, 1.165) is 34.4 Å². The number of carbonyl (C=O) groups excluding carboxylic acids is 1. The predicted octanol–water partition coefficient (Wildman–Crippen LogP) is 4.12. The van der Waals surface area contributed by atoms with Gasteiger partial charge in [-0.3, -0.25) is 4.79 Å². The van der Waals surface area contributed by atoms with E-state index < -0.39 is 0 Å². The first-order valence-electron chi connectivity index (χ1n) is 9.29. The van der Waals surface area contributed by atoms with Gasteiger partial charge in [0.1, 0.15) is 17.5 Å². The topological polar surface area (TPSA) is 61.7 Å². The maximum Gasteiger partial charge on any atom is 0.268 e. The normalized spacial score (nSPS) is 16.9. The van der Waals surface area contributed by atoms with Crippen molar-refractivity contribution in [3.8, 4) is 17.2 Å². The molecule has 2 aliphatic heterocycles. The van der Waals surface area contributed by atoms with Gasteiger partial charge in [-0.2, -0.15) is 0 Å². The highest BCUT2D eigenvalue weighted by Crippen LogP contribution is 2.38. The smallest absolute Gasteiger partial charge is 0.268 e. The lowest BCUT2D eigenvalue weighted by Gasteiger charge is -2.26. The van der Waals surface area contributed by atoms with Gasteiger partial charge in [0.25, 0.3) is 5.91 Å². The minimum Gasteiger partial charge on any atom is -0.486 e. The molecule has 1 amide bonds. The first-order chi connectivity index (χ1) is 13.6. The first kappa shape index (κ1) is 17.3. The maximum atomic E-state index is 13.0. The van der Waals surface area contributed by atoms with Gasteiger partial charge in [0.05, 0.1) is 17.1 Å². The summed E-state index contributed by atoms with van der Waals surface area (Å²) in [5, 5.41) is 4.44. The SMILES string of the molecule is CC[C@@H]1Cn2c(C(=O)NCc3ccc4c(c3)OCO4)cc3c(Cl)ccc(c32)O1. The molecule has 0 saturated heterocycles. The Hall–Kier alpha value is -2.86. The number of amides is 1.